The van der Waals surface area contributed by atoms with Crippen LogP contribution in [0.4, 0.5) is 10.2 Å². The van der Waals surface area contributed by atoms with Crippen molar-refractivity contribution in [3.8, 4) is 17.0 Å². The minimum atomic E-state index is -0.847. The maximum absolute atomic E-state index is 14.2. The molecule has 3 N–H and O–H groups in total. The van der Waals surface area contributed by atoms with Crippen LogP contribution in [-0.2, 0) is 9.59 Å². The molecule has 1 spiro atoms. The molecule has 2 aromatic carbocycles. The third-order valence-corrected chi connectivity index (χ3v) is 12.7. The number of carbonyl (C=O) groups is 2. The molecule has 2 aliphatic carbocycles. The molecule has 2 aliphatic heterocycles. The Balaban J connectivity index is 0.865. The third kappa shape index (κ3) is 6.39. The number of likely N-dealkylation sites (tertiary alicyclic amines) is 1. The van der Waals surface area contributed by atoms with E-state index < -0.39 is 24.1 Å². The molecule has 4 aliphatic rings. The zero-order valence-corrected chi connectivity index (χ0v) is 31.9. The molecule has 3 aromatic heterocycles. The van der Waals surface area contributed by atoms with Crippen molar-refractivity contribution in [3.05, 3.63) is 89.6 Å². The first-order valence-corrected chi connectivity index (χ1v) is 19.9. The van der Waals surface area contributed by atoms with Crippen molar-refractivity contribution >= 4 is 28.7 Å². The van der Waals surface area contributed by atoms with Gasteiger partial charge in [0.05, 0.1) is 23.4 Å². The number of amides is 2. The van der Waals surface area contributed by atoms with E-state index in [2.05, 4.69) is 42.3 Å². The summed E-state index contributed by atoms with van der Waals surface area (Å²) in [7, 11) is 0. The third-order valence-electron chi connectivity index (χ3n) is 12.7. The molecule has 9 rings (SSSR count). The first-order chi connectivity index (χ1) is 27.0. The number of halogens is 1. The lowest BCUT2D eigenvalue weighted by atomic mass is 9.57. The van der Waals surface area contributed by atoms with E-state index in [1.807, 2.05) is 32.0 Å². The van der Waals surface area contributed by atoms with Crippen molar-refractivity contribution in [1.82, 2.24) is 30.1 Å². The first kappa shape index (κ1) is 36.3. The summed E-state index contributed by atoms with van der Waals surface area (Å²) >= 11 is 0. The first-order valence-electron chi connectivity index (χ1n) is 19.9. The zero-order chi connectivity index (χ0) is 38.9. The summed E-state index contributed by atoms with van der Waals surface area (Å²) in [4.78, 5) is 31.3. The second-order valence-electron chi connectivity index (χ2n) is 17.0. The molecule has 2 saturated heterocycles. The molecule has 13 heteroatoms. The number of para-hydroxylation sites is 1. The summed E-state index contributed by atoms with van der Waals surface area (Å²) < 4.78 is 21.8. The number of fused-ring (bicyclic) bond motifs is 1. The Kier molecular flexibility index (Phi) is 9.10. The Morgan fingerprint density at radius 3 is 2.45 bits per heavy atom. The van der Waals surface area contributed by atoms with E-state index in [0.717, 1.165) is 55.4 Å². The standard InChI is InChI=1S/C43H48FN7O5/c1-24(2)40(42(55)50-21-30(52)15-36(50)41(54)45-25(3)26-11-13-28(44)14-12-26)38-18-39(48-56-38)49-22-43(23-49)19-27(20-43)34-17-33-35(51(34)29-7-6-8-29)16-32(46-47-33)31-9-4-5-10-37(31)53/h4-5,9-14,16-18,24-25,27,29-30,36,40,52-53H,6-8,15,19-23H2,1-3H3,(H,45,54)/t25-,30+,36-,40+/m0/s1. The van der Waals surface area contributed by atoms with Gasteiger partial charge in [-0.05, 0) is 86.9 Å². The summed E-state index contributed by atoms with van der Waals surface area (Å²) in [6.07, 6.45) is 4.93. The number of benzene rings is 2. The number of aliphatic hydroxyl groups is 1. The number of carbonyl (C=O) groups excluding carboxylic acids is 2. The Morgan fingerprint density at radius 1 is 1.00 bits per heavy atom. The van der Waals surface area contributed by atoms with E-state index in [1.54, 1.807) is 31.2 Å². The molecule has 0 bridgehead atoms. The minimum Gasteiger partial charge on any atom is -0.507 e. The fourth-order valence-corrected chi connectivity index (χ4v) is 9.54. The summed E-state index contributed by atoms with van der Waals surface area (Å²) in [6, 6.07) is 18.5. The molecular weight excluding hydrogens is 714 g/mol. The van der Waals surface area contributed by atoms with Gasteiger partial charge < -0.3 is 34.4 Å². The van der Waals surface area contributed by atoms with Crippen molar-refractivity contribution in [3.63, 3.8) is 0 Å². The molecule has 12 nitrogen and oxygen atoms in total. The van der Waals surface area contributed by atoms with Gasteiger partial charge >= 0.3 is 0 Å². The number of nitrogens with one attached hydrogen (secondary N) is 1. The van der Waals surface area contributed by atoms with Crippen LogP contribution in [-0.4, -0.2) is 78.6 Å². The molecule has 2 amide bonds. The maximum Gasteiger partial charge on any atom is 0.243 e. The molecule has 292 valence electrons. The average molecular weight is 762 g/mol. The number of nitrogens with zero attached hydrogens (tertiary/aromatic N) is 6. The number of aromatic hydroxyl groups is 1. The largest absolute Gasteiger partial charge is 0.507 e. The second kappa shape index (κ2) is 14.0. The monoisotopic (exact) mass is 761 g/mol. The molecule has 4 fully saturated rings. The van der Waals surface area contributed by atoms with E-state index in [4.69, 9.17) is 4.52 Å². The van der Waals surface area contributed by atoms with Crippen LogP contribution in [0.25, 0.3) is 22.3 Å². The molecule has 4 atom stereocenters. The molecular formula is C43H48FN7O5. The van der Waals surface area contributed by atoms with Gasteiger partial charge in [0.1, 0.15) is 29.0 Å². The second-order valence-corrected chi connectivity index (χ2v) is 17.0. The van der Waals surface area contributed by atoms with Crippen LogP contribution in [0, 0.1) is 17.2 Å². The van der Waals surface area contributed by atoms with Crippen LogP contribution in [0.15, 0.2) is 71.3 Å². The highest BCUT2D eigenvalue weighted by Crippen LogP contribution is 2.58. The molecule has 0 radical (unpaired) electrons. The topological polar surface area (TPSA) is 150 Å². The number of anilines is 1. The van der Waals surface area contributed by atoms with Crippen LogP contribution in [0.1, 0.15) is 100 Å². The zero-order valence-electron chi connectivity index (χ0n) is 31.9. The molecule has 5 aromatic rings. The minimum absolute atomic E-state index is 0.0475. The number of rotatable bonds is 10. The quantitative estimate of drug-likeness (QED) is 0.143. The molecule has 5 heterocycles. The number of aliphatic hydroxyl groups excluding tert-OH is 1. The summed E-state index contributed by atoms with van der Waals surface area (Å²) in [6.45, 7) is 7.44. The fraction of sp³-hybridized carbons (Fsp3) is 0.465. The van der Waals surface area contributed by atoms with Gasteiger partial charge in [-0.2, -0.15) is 0 Å². The van der Waals surface area contributed by atoms with Crippen LogP contribution in [0.3, 0.4) is 0 Å². The Morgan fingerprint density at radius 2 is 1.75 bits per heavy atom. The predicted molar refractivity (Wildman–Crippen MR) is 207 cm³/mol. The summed E-state index contributed by atoms with van der Waals surface area (Å²) in [5.41, 5.74) is 5.56. The number of phenols is 1. The Hall–Kier alpha value is -5.30. The predicted octanol–water partition coefficient (Wildman–Crippen LogP) is 6.62. The fourth-order valence-electron chi connectivity index (χ4n) is 9.54. The van der Waals surface area contributed by atoms with Gasteiger partial charge in [0, 0.05) is 60.8 Å². The van der Waals surface area contributed by atoms with Gasteiger partial charge in [-0.15, -0.1) is 10.2 Å². The van der Waals surface area contributed by atoms with Crippen LogP contribution < -0.4 is 10.2 Å². The molecule has 0 unspecified atom stereocenters. The smallest absolute Gasteiger partial charge is 0.243 e. The number of phenolic OH excluding ortho intramolecular Hbond substituents is 1. The van der Waals surface area contributed by atoms with Crippen molar-refractivity contribution in [2.24, 2.45) is 11.3 Å². The van der Waals surface area contributed by atoms with Crippen molar-refractivity contribution in [2.45, 2.75) is 95.4 Å². The van der Waals surface area contributed by atoms with Gasteiger partial charge in [-0.3, -0.25) is 9.59 Å². The van der Waals surface area contributed by atoms with Gasteiger partial charge in [0.15, 0.2) is 11.6 Å². The Bertz CT molecular complexity index is 2270. The van der Waals surface area contributed by atoms with Crippen LogP contribution >= 0.6 is 0 Å². The van der Waals surface area contributed by atoms with Gasteiger partial charge in [-0.1, -0.05) is 43.3 Å². The molecule has 2 saturated carbocycles. The molecule has 56 heavy (non-hydrogen) atoms. The van der Waals surface area contributed by atoms with E-state index >= 15 is 0 Å². The van der Waals surface area contributed by atoms with Crippen molar-refractivity contribution < 1.29 is 28.7 Å². The van der Waals surface area contributed by atoms with Crippen molar-refractivity contribution in [1.29, 1.82) is 0 Å². The Labute approximate surface area is 324 Å². The van der Waals surface area contributed by atoms with E-state index in [-0.39, 0.29) is 47.7 Å². The van der Waals surface area contributed by atoms with Gasteiger partial charge in [0.2, 0.25) is 11.8 Å². The van der Waals surface area contributed by atoms with Gasteiger partial charge in [-0.25, -0.2) is 4.39 Å². The lowest BCUT2D eigenvalue weighted by Gasteiger charge is -2.59. The number of aromatic nitrogens is 4. The van der Waals surface area contributed by atoms with E-state index in [9.17, 15) is 24.2 Å². The normalized spacial score (nSPS) is 21.9. The van der Waals surface area contributed by atoms with E-state index in [1.165, 1.54) is 29.1 Å². The number of hydrogen-bond acceptors (Lipinski definition) is 9. The maximum atomic E-state index is 14.2. The average Bonchev–Trinajstić information content (AvgIpc) is 3.84. The number of β-amino-alcohol motifs (C(OH)–C–C–N with tert-alkyl or cyclic N) is 1. The van der Waals surface area contributed by atoms with E-state index in [0.29, 0.717) is 34.8 Å². The van der Waals surface area contributed by atoms with Crippen molar-refractivity contribution in [2.75, 3.05) is 24.5 Å². The highest BCUT2D eigenvalue weighted by Gasteiger charge is 2.54. The SMILES string of the molecule is CC(C)[C@@H](C(=O)N1C[C@H](O)C[C@H]1C(=O)N[C@@H](C)c1ccc(F)cc1)c1cc(N2CC3(CC(c4cc5nnc(-c6ccccc6O)cc5n4C4CCC4)C3)C2)no1. The van der Waals surface area contributed by atoms with Gasteiger partial charge in [0.25, 0.3) is 0 Å². The van der Waals surface area contributed by atoms with Crippen LogP contribution in [0.5, 0.6) is 5.75 Å². The lowest BCUT2D eigenvalue weighted by Crippen LogP contribution is -2.62. The highest BCUT2D eigenvalue weighted by atomic mass is 19.1. The summed E-state index contributed by atoms with van der Waals surface area (Å²) in [5, 5.41) is 37.6. The summed E-state index contributed by atoms with van der Waals surface area (Å²) in [5.74, 6) is -0.0899. The lowest BCUT2D eigenvalue weighted by molar-refractivity contribution is -0.141. The highest BCUT2D eigenvalue weighted by molar-refractivity contribution is 5.91. The van der Waals surface area contributed by atoms with Crippen LogP contribution in [0.2, 0.25) is 0 Å². The number of hydrogen-bond donors (Lipinski definition) is 3.